The molecule has 1 aliphatic heterocycles. The van der Waals surface area contributed by atoms with Gasteiger partial charge in [0.05, 0.1) is 16.6 Å². The summed E-state index contributed by atoms with van der Waals surface area (Å²) in [5.74, 6) is 2.27. The number of aromatic amines is 1. The van der Waals surface area contributed by atoms with E-state index in [0.717, 1.165) is 61.5 Å². The number of hydrogen-bond donors (Lipinski definition) is 1. The van der Waals surface area contributed by atoms with Gasteiger partial charge in [-0.05, 0) is 51.3 Å². The molecule has 0 aliphatic carbocycles. The Morgan fingerprint density at radius 2 is 2.27 bits per heavy atom. The van der Waals surface area contributed by atoms with E-state index >= 15 is 0 Å². The van der Waals surface area contributed by atoms with Gasteiger partial charge in [0.15, 0.2) is 0 Å². The Morgan fingerprint density at radius 3 is 3.12 bits per heavy atom. The van der Waals surface area contributed by atoms with E-state index in [1.807, 2.05) is 6.20 Å². The molecule has 6 heteroatoms. The molecule has 1 aliphatic rings. The normalized spacial score (nSPS) is 19.9. The van der Waals surface area contributed by atoms with Crippen LogP contribution in [0.5, 0.6) is 0 Å². The molecule has 0 spiro atoms. The summed E-state index contributed by atoms with van der Waals surface area (Å²) in [5, 5.41) is 0. The van der Waals surface area contributed by atoms with Crippen LogP contribution in [0.25, 0.3) is 11.0 Å². The molecule has 0 amide bonds. The molecule has 26 heavy (non-hydrogen) atoms. The van der Waals surface area contributed by atoms with E-state index in [4.69, 9.17) is 4.74 Å². The first kappa shape index (κ1) is 17.2. The second kappa shape index (κ2) is 6.83. The van der Waals surface area contributed by atoms with Crippen molar-refractivity contribution in [1.29, 1.82) is 0 Å². The predicted molar refractivity (Wildman–Crippen MR) is 98.6 cm³/mol. The molecule has 0 unspecified atom stereocenters. The lowest BCUT2D eigenvalue weighted by molar-refractivity contribution is -0.0606. The van der Waals surface area contributed by atoms with Crippen molar-refractivity contribution in [2.75, 3.05) is 6.61 Å². The van der Waals surface area contributed by atoms with Crippen molar-refractivity contribution in [3.8, 4) is 0 Å². The number of nitrogens with one attached hydrogen (secondary N) is 1. The van der Waals surface area contributed by atoms with Crippen molar-refractivity contribution in [2.45, 2.75) is 57.6 Å². The molecular weight excluding hydrogens is 331 g/mol. The zero-order chi connectivity index (χ0) is 18.1. The summed E-state index contributed by atoms with van der Waals surface area (Å²) < 4.78 is 21.4. The van der Waals surface area contributed by atoms with Gasteiger partial charge in [0.25, 0.3) is 0 Å². The number of hydrogen-bond acceptors (Lipinski definition) is 3. The molecule has 1 saturated heterocycles. The maximum absolute atomic E-state index is 13.3. The number of imidazole rings is 2. The van der Waals surface area contributed by atoms with E-state index in [9.17, 15) is 4.39 Å². The van der Waals surface area contributed by atoms with Crippen LogP contribution in [0.15, 0.2) is 30.6 Å². The van der Waals surface area contributed by atoms with Crippen molar-refractivity contribution in [3.63, 3.8) is 0 Å². The van der Waals surface area contributed by atoms with Crippen molar-refractivity contribution in [1.82, 2.24) is 19.5 Å². The van der Waals surface area contributed by atoms with Gasteiger partial charge in [-0.15, -0.1) is 0 Å². The largest absolute Gasteiger partial charge is 0.376 e. The zero-order valence-corrected chi connectivity index (χ0v) is 15.3. The summed E-state index contributed by atoms with van der Waals surface area (Å²) in [5.41, 5.74) is 1.49. The van der Waals surface area contributed by atoms with Crippen LogP contribution >= 0.6 is 0 Å². The third kappa shape index (κ3) is 3.65. The second-order valence-corrected chi connectivity index (χ2v) is 7.73. The van der Waals surface area contributed by atoms with Gasteiger partial charge >= 0.3 is 0 Å². The van der Waals surface area contributed by atoms with Crippen LogP contribution in [0.4, 0.5) is 4.39 Å². The summed E-state index contributed by atoms with van der Waals surface area (Å²) in [7, 11) is 0. The lowest BCUT2D eigenvalue weighted by Crippen LogP contribution is -2.34. The molecule has 3 aromatic rings. The zero-order valence-electron chi connectivity index (χ0n) is 15.3. The van der Waals surface area contributed by atoms with Crippen molar-refractivity contribution >= 4 is 11.0 Å². The van der Waals surface area contributed by atoms with Gasteiger partial charge < -0.3 is 14.3 Å². The van der Waals surface area contributed by atoms with Gasteiger partial charge in [0.2, 0.25) is 0 Å². The molecule has 5 nitrogen and oxygen atoms in total. The number of ether oxygens (including phenoxy) is 1. The Bertz CT molecular complexity index is 898. The van der Waals surface area contributed by atoms with Crippen LogP contribution in [0, 0.1) is 5.82 Å². The van der Waals surface area contributed by atoms with Crippen LogP contribution in [0.3, 0.4) is 0 Å². The fourth-order valence-corrected chi connectivity index (χ4v) is 3.89. The minimum absolute atomic E-state index is 0.0801. The number of halogens is 1. The third-order valence-electron chi connectivity index (χ3n) is 5.12. The summed E-state index contributed by atoms with van der Waals surface area (Å²) in [4.78, 5) is 12.4. The number of aryl methyl sites for hydroxylation is 2. The summed E-state index contributed by atoms with van der Waals surface area (Å²) >= 11 is 0. The van der Waals surface area contributed by atoms with Crippen LogP contribution in [0.2, 0.25) is 0 Å². The molecule has 3 heterocycles. The van der Waals surface area contributed by atoms with Crippen LogP contribution in [0.1, 0.15) is 50.7 Å². The Morgan fingerprint density at radius 1 is 1.38 bits per heavy atom. The highest BCUT2D eigenvalue weighted by Gasteiger charge is 2.31. The average molecular weight is 356 g/mol. The average Bonchev–Trinajstić information content (AvgIpc) is 3.20. The molecule has 138 valence electrons. The van der Waals surface area contributed by atoms with Gasteiger partial charge in [0, 0.05) is 37.9 Å². The number of benzene rings is 1. The highest BCUT2D eigenvalue weighted by atomic mass is 19.1. The van der Waals surface area contributed by atoms with E-state index in [1.165, 1.54) is 12.1 Å². The molecule has 2 aromatic heterocycles. The molecule has 1 atom stereocenters. The van der Waals surface area contributed by atoms with Crippen LogP contribution < -0.4 is 0 Å². The standard InChI is InChI=1S/C20H25FN4O/c1-20(2)13-14(7-11-26-20)19-22-8-10-25(19)9-3-4-18-23-16-6-5-15(21)12-17(16)24-18/h5-6,8,10,12,14H,3-4,7,9,11,13H2,1-2H3,(H,23,24)/t14-/m0/s1. The monoisotopic (exact) mass is 356 g/mol. The van der Waals surface area contributed by atoms with Gasteiger partial charge in [-0.3, -0.25) is 0 Å². The van der Waals surface area contributed by atoms with Crippen molar-refractivity contribution in [2.24, 2.45) is 0 Å². The molecule has 0 bridgehead atoms. The second-order valence-electron chi connectivity index (χ2n) is 7.73. The van der Waals surface area contributed by atoms with Crippen molar-refractivity contribution in [3.05, 3.63) is 48.1 Å². The van der Waals surface area contributed by atoms with Crippen LogP contribution in [-0.4, -0.2) is 31.7 Å². The fourth-order valence-electron chi connectivity index (χ4n) is 3.89. The van der Waals surface area contributed by atoms with Gasteiger partial charge in [-0.2, -0.15) is 0 Å². The van der Waals surface area contributed by atoms with Crippen molar-refractivity contribution < 1.29 is 9.13 Å². The first-order valence-corrected chi connectivity index (χ1v) is 9.29. The molecule has 0 radical (unpaired) electrons. The minimum atomic E-state index is -0.241. The highest BCUT2D eigenvalue weighted by molar-refractivity contribution is 5.74. The van der Waals surface area contributed by atoms with E-state index in [0.29, 0.717) is 5.92 Å². The quantitative estimate of drug-likeness (QED) is 0.745. The third-order valence-corrected chi connectivity index (χ3v) is 5.12. The Labute approximate surface area is 152 Å². The molecule has 1 N–H and O–H groups in total. The van der Waals surface area contributed by atoms with Gasteiger partial charge in [-0.1, -0.05) is 0 Å². The maximum atomic E-state index is 13.3. The number of H-pyrrole nitrogens is 1. The number of fused-ring (bicyclic) bond motifs is 1. The smallest absolute Gasteiger partial charge is 0.125 e. The van der Waals surface area contributed by atoms with Gasteiger partial charge in [0.1, 0.15) is 17.5 Å². The first-order chi connectivity index (χ1) is 12.5. The topological polar surface area (TPSA) is 55.7 Å². The van der Waals surface area contributed by atoms with E-state index in [2.05, 4.69) is 39.6 Å². The van der Waals surface area contributed by atoms with E-state index in [-0.39, 0.29) is 11.4 Å². The maximum Gasteiger partial charge on any atom is 0.125 e. The molecule has 0 saturated carbocycles. The first-order valence-electron chi connectivity index (χ1n) is 9.29. The lowest BCUT2D eigenvalue weighted by atomic mass is 9.88. The van der Waals surface area contributed by atoms with Crippen LogP contribution in [-0.2, 0) is 17.7 Å². The summed E-state index contributed by atoms with van der Waals surface area (Å²) in [6.45, 7) is 5.99. The molecular formula is C20H25FN4O. The summed E-state index contributed by atoms with van der Waals surface area (Å²) in [6, 6.07) is 4.65. The predicted octanol–water partition coefficient (Wildman–Crippen LogP) is 4.20. The molecule has 1 aromatic carbocycles. The van der Waals surface area contributed by atoms with E-state index in [1.54, 1.807) is 6.07 Å². The minimum Gasteiger partial charge on any atom is -0.376 e. The van der Waals surface area contributed by atoms with Gasteiger partial charge in [-0.25, -0.2) is 14.4 Å². The number of nitrogens with zero attached hydrogens (tertiary/aromatic N) is 3. The Balaban J connectivity index is 1.40. The molecule has 4 rings (SSSR count). The Kier molecular flexibility index (Phi) is 4.53. The Hall–Kier alpha value is -2.21. The molecule has 1 fully saturated rings. The number of rotatable bonds is 5. The SMILES string of the molecule is CC1(C)C[C@@H](c2nccn2CCCc2nc3ccc(F)cc3[nH]2)CCO1. The fraction of sp³-hybridized carbons (Fsp3) is 0.500. The summed E-state index contributed by atoms with van der Waals surface area (Å²) in [6.07, 6.45) is 7.76. The highest BCUT2D eigenvalue weighted by Crippen LogP contribution is 2.34. The lowest BCUT2D eigenvalue weighted by Gasteiger charge is -2.35. The van der Waals surface area contributed by atoms with E-state index < -0.39 is 0 Å². The number of aromatic nitrogens is 4.